The third-order valence-corrected chi connectivity index (χ3v) is 2.69. The molecule has 0 bridgehead atoms. The first-order chi connectivity index (χ1) is 7.22. The van der Waals surface area contributed by atoms with Crippen LogP contribution in [0.15, 0.2) is 18.2 Å². The molecule has 3 heteroatoms. The number of benzene rings is 1. The lowest BCUT2D eigenvalue weighted by Crippen LogP contribution is -1.91. The number of aryl methyl sites for hydroxylation is 3. The van der Waals surface area contributed by atoms with Crippen molar-refractivity contribution in [2.24, 2.45) is 7.05 Å². The van der Waals surface area contributed by atoms with Gasteiger partial charge in [-0.25, -0.2) is 4.98 Å². The Kier molecular flexibility index (Phi) is 2.42. The van der Waals surface area contributed by atoms with E-state index >= 15 is 0 Å². The van der Waals surface area contributed by atoms with Crippen LogP contribution in [0.2, 0.25) is 0 Å². The fourth-order valence-corrected chi connectivity index (χ4v) is 1.71. The normalized spacial score (nSPS) is 10.5. The Labute approximate surface area is 89.0 Å². The van der Waals surface area contributed by atoms with E-state index in [9.17, 15) is 0 Å². The average Bonchev–Trinajstić information content (AvgIpc) is 2.52. The number of fused-ring (bicyclic) bond motifs is 1. The van der Waals surface area contributed by atoms with Crippen LogP contribution in [0.25, 0.3) is 11.0 Å². The molecule has 0 aliphatic heterocycles. The second kappa shape index (κ2) is 3.74. The number of aromatic nitrogens is 2. The van der Waals surface area contributed by atoms with Crippen LogP contribution >= 0.6 is 0 Å². The minimum Gasteiger partial charge on any atom is -0.331 e. The Balaban J connectivity index is 2.46. The maximum Gasteiger partial charge on any atom is 0.106 e. The van der Waals surface area contributed by atoms with Crippen LogP contribution < -0.4 is 0 Å². The zero-order chi connectivity index (χ0) is 10.8. The van der Waals surface area contributed by atoms with E-state index in [4.69, 9.17) is 5.26 Å². The Bertz CT molecular complexity index is 532. The van der Waals surface area contributed by atoms with Gasteiger partial charge in [-0.15, -0.1) is 0 Å². The smallest absolute Gasteiger partial charge is 0.106 e. The summed E-state index contributed by atoms with van der Waals surface area (Å²) >= 11 is 0. The van der Waals surface area contributed by atoms with E-state index in [1.54, 1.807) is 0 Å². The molecule has 0 atom stereocenters. The van der Waals surface area contributed by atoms with Gasteiger partial charge >= 0.3 is 0 Å². The highest BCUT2D eigenvalue weighted by Crippen LogP contribution is 2.17. The van der Waals surface area contributed by atoms with Crippen LogP contribution in [0, 0.1) is 18.3 Å². The standard InChI is InChI=1S/C12H13N3/c1-9-14-11-6-5-10(4-3-7-13)8-12(11)15(9)2/h5-6,8H,3-4H2,1-2H3. The lowest BCUT2D eigenvalue weighted by molar-refractivity contribution is 0.884. The van der Waals surface area contributed by atoms with Crippen molar-refractivity contribution in [2.45, 2.75) is 19.8 Å². The van der Waals surface area contributed by atoms with Crippen molar-refractivity contribution in [1.29, 1.82) is 5.26 Å². The quantitative estimate of drug-likeness (QED) is 0.745. The first-order valence-electron chi connectivity index (χ1n) is 5.01. The van der Waals surface area contributed by atoms with Crippen molar-refractivity contribution in [2.75, 3.05) is 0 Å². The molecule has 0 unspecified atom stereocenters. The molecule has 1 heterocycles. The van der Waals surface area contributed by atoms with Crippen molar-refractivity contribution in [3.8, 4) is 6.07 Å². The second-order valence-electron chi connectivity index (χ2n) is 3.70. The molecule has 15 heavy (non-hydrogen) atoms. The first-order valence-corrected chi connectivity index (χ1v) is 5.01. The van der Waals surface area contributed by atoms with Gasteiger partial charge in [-0.3, -0.25) is 0 Å². The molecule has 2 aromatic rings. The molecule has 0 amide bonds. The summed E-state index contributed by atoms with van der Waals surface area (Å²) in [4.78, 5) is 4.43. The number of nitriles is 1. The van der Waals surface area contributed by atoms with Gasteiger partial charge in [-0.05, 0) is 31.0 Å². The minimum absolute atomic E-state index is 0.572. The number of rotatable bonds is 2. The van der Waals surface area contributed by atoms with Gasteiger partial charge in [0.25, 0.3) is 0 Å². The molecular formula is C12H13N3. The lowest BCUT2D eigenvalue weighted by Gasteiger charge is -1.99. The van der Waals surface area contributed by atoms with Crippen molar-refractivity contribution in [1.82, 2.24) is 9.55 Å². The van der Waals surface area contributed by atoms with Gasteiger partial charge in [-0.1, -0.05) is 6.07 Å². The van der Waals surface area contributed by atoms with Crippen LogP contribution in [-0.2, 0) is 13.5 Å². The molecule has 0 fully saturated rings. The van der Waals surface area contributed by atoms with Gasteiger partial charge in [0.05, 0.1) is 17.1 Å². The SMILES string of the molecule is Cc1nc2ccc(CCC#N)cc2n1C. The highest BCUT2D eigenvalue weighted by Gasteiger charge is 2.04. The predicted molar refractivity (Wildman–Crippen MR) is 59.4 cm³/mol. The molecule has 1 aromatic heterocycles. The monoisotopic (exact) mass is 199 g/mol. The summed E-state index contributed by atoms with van der Waals surface area (Å²) in [6, 6.07) is 8.35. The van der Waals surface area contributed by atoms with Gasteiger partial charge in [0.2, 0.25) is 0 Å². The molecule has 0 saturated carbocycles. The van der Waals surface area contributed by atoms with Gasteiger partial charge in [0.1, 0.15) is 5.82 Å². The van der Waals surface area contributed by atoms with Crippen molar-refractivity contribution < 1.29 is 0 Å². The molecule has 0 aliphatic rings. The maximum atomic E-state index is 8.53. The summed E-state index contributed by atoms with van der Waals surface area (Å²) in [5.74, 6) is 1.02. The van der Waals surface area contributed by atoms with Crippen LogP contribution in [0.3, 0.4) is 0 Å². The van der Waals surface area contributed by atoms with Crippen molar-refractivity contribution in [3.05, 3.63) is 29.6 Å². The van der Waals surface area contributed by atoms with Crippen LogP contribution in [0.4, 0.5) is 0 Å². The zero-order valence-corrected chi connectivity index (χ0v) is 8.99. The molecule has 0 saturated heterocycles. The van der Waals surface area contributed by atoms with Crippen LogP contribution in [0.1, 0.15) is 17.8 Å². The van der Waals surface area contributed by atoms with Gasteiger partial charge < -0.3 is 4.57 Å². The summed E-state index contributed by atoms with van der Waals surface area (Å²) in [6.07, 6.45) is 1.39. The third-order valence-electron chi connectivity index (χ3n) is 2.69. The molecule has 0 N–H and O–H groups in total. The van der Waals surface area contributed by atoms with Crippen molar-refractivity contribution >= 4 is 11.0 Å². The Morgan fingerprint density at radius 2 is 2.27 bits per heavy atom. The predicted octanol–water partition coefficient (Wildman–Crippen LogP) is 2.34. The average molecular weight is 199 g/mol. The van der Waals surface area contributed by atoms with Gasteiger partial charge in [-0.2, -0.15) is 5.26 Å². The first kappa shape index (κ1) is 9.72. The number of imidazole rings is 1. The molecule has 2 rings (SSSR count). The fourth-order valence-electron chi connectivity index (χ4n) is 1.71. The molecule has 1 aromatic carbocycles. The van der Waals surface area contributed by atoms with Crippen LogP contribution in [-0.4, -0.2) is 9.55 Å². The summed E-state index contributed by atoms with van der Waals surface area (Å²) in [5.41, 5.74) is 3.37. The van der Waals surface area contributed by atoms with E-state index in [1.165, 1.54) is 5.56 Å². The number of hydrogen-bond acceptors (Lipinski definition) is 2. The summed E-state index contributed by atoms with van der Waals surface area (Å²) in [7, 11) is 2.01. The summed E-state index contributed by atoms with van der Waals surface area (Å²) in [6.45, 7) is 1.99. The topological polar surface area (TPSA) is 41.6 Å². The Morgan fingerprint density at radius 3 is 3.00 bits per heavy atom. The minimum atomic E-state index is 0.572. The summed E-state index contributed by atoms with van der Waals surface area (Å²) < 4.78 is 2.07. The molecule has 3 nitrogen and oxygen atoms in total. The Morgan fingerprint density at radius 1 is 1.47 bits per heavy atom. The lowest BCUT2D eigenvalue weighted by atomic mass is 10.1. The highest BCUT2D eigenvalue weighted by atomic mass is 15.0. The number of hydrogen-bond donors (Lipinski definition) is 0. The largest absolute Gasteiger partial charge is 0.331 e. The molecular weight excluding hydrogens is 186 g/mol. The van der Waals surface area contributed by atoms with E-state index in [0.717, 1.165) is 23.3 Å². The van der Waals surface area contributed by atoms with Gasteiger partial charge in [0.15, 0.2) is 0 Å². The molecule has 0 spiro atoms. The van der Waals surface area contributed by atoms with E-state index in [2.05, 4.69) is 21.7 Å². The third kappa shape index (κ3) is 1.71. The van der Waals surface area contributed by atoms with E-state index in [0.29, 0.717) is 6.42 Å². The molecule has 0 aliphatic carbocycles. The Hall–Kier alpha value is -1.82. The van der Waals surface area contributed by atoms with Crippen LogP contribution in [0.5, 0.6) is 0 Å². The van der Waals surface area contributed by atoms with E-state index < -0.39 is 0 Å². The fraction of sp³-hybridized carbons (Fsp3) is 0.333. The highest BCUT2D eigenvalue weighted by molar-refractivity contribution is 5.76. The number of nitrogens with zero attached hydrogens (tertiary/aromatic N) is 3. The zero-order valence-electron chi connectivity index (χ0n) is 8.99. The van der Waals surface area contributed by atoms with Crippen molar-refractivity contribution in [3.63, 3.8) is 0 Å². The van der Waals surface area contributed by atoms with E-state index in [1.807, 2.05) is 26.1 Å². The van der Waals surface area contributed by atoms with E-state index in [-0.39, 0.29) is 0 Å². The van der Waals surface area contributed by atoms with Gasteiger partial charge in [0, 0.05) is 13.5 Å². The molecule has 76 valence electrons. The maximum absolute atomic E-state index is 8.53. The molecule has 0 radical (unpaired) electrons. The summed E-state index contributed by atoms with van der Waals surface area (Å²) in [5, 5.41) is 8.53. The second-order valence-corrected chi connectivity index (χ2v) is 3.70.